The minimum absolute atomic E-state index is 0.0332. The van der Waals surface area contributed by atoms with E-state index in [1.807, 2.05) is 43.3 Å². The molecule has 128 valence electrons. The average molecular weight is 390 g/mol. The van der Waals surface area contributed by atoms with E-state index in [4.69, 9.17) is 4.74 Å². The molecule has 0 atom stereocenters. The summed E-state index contributed by atoms with van der Waals surface area (Å²) in [6.45, 7) is 6.88. The van der Waals surface area contributed by atoms with E-state index < -0.39 is 0 Å². The van der Waals surface area contributed by atoms with Crippen LogP contribution in [0.2, 0.25) is 0 Å². The van der Waals surface area contributed by atoms with Crippen molar-refractivity contribution in [1.82, 2.24) is 4.90 Å². The molecular formula is C20H24BrNO2. The van der Waals surface area contributed by atoms with Crippen molar-refractivity contribution in [2.45, 2.75) is 33.2 Å². The quantitative estimate of drug-likeness (QED) is 0.701. The third kappa shape index (κ3) is 4.84. The van der Waals surface area contributed by atoms with Crippen LogP contribution in [0.15, 0.2) is 46.9 Å². The van der Waals surface area contributed by atoms with Crippen molar-refractivity contribution in [2.24, 2.45) is 0 Å². The molecule has 2 rings (SSSR count). The first-order valence-electron chi connectivity index (χ1n) is 8.09. The maximum absolute atomic E-state index is 12.3. The van der Waals surface area contributed by atoms with Crippen LogP contribution in [0.25, 0.3) is 0 Å². The van der Waals surface area contributed by atoms with Gasteiger partial charge < -0.3 is 9.64 Å². The zero-order chi connectivity index (χ0) is 17.7. The van der Waals surface area contributed by atoms with E-state index in [1.165, 1.54) is 0 Å². The molecular weight excluding hydrogens is 366 g/mol. The summed E-state index contributed by atoms with van der Waals surface area (Å²) < 4.78 is 6.90. The van der Waals surface area contributed by atoms with Gasteiger partial charge in [0.2, 0.25) is 0 Å². The van der Waals surface area contributed by atoms with Gasteiger partial charge in [-0.25, -0.2) is 0 Å². The molecule has 0 aliphatic heterocycles. The summed E-state index contributed by atoms with van der Waals surface area (Å²) in [7, 11) is 1.80. The molecule has 0 radical (unpaired) electrons. The first-order chi connectivity index (χ1) is 11.4. The molecule has 24 heavy (non-hydrogen) atoms. The summed E-state index contributed by atoms with van der Waals surface area (Å²) >= 11 is 3.56. The van der Waals surface area contributed by atoms with E-state index >= 15 is 0 Å². The molecule has 0 N–H and O–H groups in total. The van der Waals surface area contributed by atoms with E-state index in [0.717, 1.165) is 26.9 Å². The maximum Gasteiger partial charge on any atom is 0.260 e. The highest BCUT2D eigenvalue weighted by molar-refractivity contribution is 9.10. The zero-order valence-corrected chi connectivity index (χ0v) is 16.3. The highest BCUT2D eigenvalue weighted by Gasteiger charge is 2.14. The van der Waals surface area contributed by atoms with Crippen molar-refractivity contribution >= 4 is 21.8 Å². The molecule has 0 spiro atoms. The summed E-state index contributed by atoms with van der Waals surface area (Å²) in [5.74, 6) is 1.08. The normalized spacial score (nSPS) is 10.8. The molecule has 0 unspecified atom stereocenters. The molecule has 0 fully saturated rings. The van der Waals surface area contributed by atoms with Gasteiger partial charge in [-0.1, -0.05) is 60.1 Å². The van der Waals surface area contributed by atoms with Gasteiger partial charge in [0.05, 0.1) is 0 Å². The first kappa shape index (κ1) is 18.5. The van der Waals surface area contributed by atoms with Crippen molar-refractivity contribution in [3.8, 4) is 5.75 Å². The lowest BCUT2D eigenvalue weighted by Crippen LogP contribution is -2.31. The largest absolute Gasteiger partial charge is 0.483 e. The number of aryl methyl sites for hydroxylation is 1. The van der Waals surface area contributed by atoms with Gasteiger partial charge in [-0.15, -0.1) is 0 Å². The van der Waals surface area contributed by atoms with E-state index in [2.05, 4.69) is 35.8 Å². The zero-order valence-electron chi connectivity index (χ0n) is 14.7. The molecule has 0 aromatic heterocycles. The predicted molar refractivity (Wildman–Crippen MR) is 101 cm³/mol. The number of benzene rings is 2. The number of likely N-dealkylation sites (N-methyl/N-ethyl adjacent to an activating group) is 1. The lowest BCUT2D eigenvalue weighted by Gasteiger charge is -2.20. The highest BCUT2D eigenvalue weighted by atomic mass is 79.9. The molecule has 1 amide bonds. The van der Waals surface area contributed by atoms with Crippen LogP contribution >= 0.6 is 15.9 Å². The van der Waals surface area contributed by atoms with Crippen LogP contribution in [-0.4, -0.2) is 24.5 Å². The van der Waals surface area contributed by atoms with Crippen LogP contribution in [0.1, 0.15) is 36.5 Å². The van der Waals surface area contributed by atoms with Crippen LogP contribution in [0.4, 0.5) is 0 Å². The van der Waals surface area contributed by atoms with Gasteiger partial charge in [0.25, 0.3) is 5.91 Å². The van der Waals surface area contributed by atoms with Crippen molar-refractivity contribution in [1.29, 1.82) is 0 Å². The van der Waals surface area contributed by atoms with Gasteiger partial charge in [-0.2, -0.15) is 0 Å². The number of carbonyl (C=O) groups is 1. The number of rotatable bonds is 6. The van der Waals surface area contributed by atoms with Crippen LogP contribution < -0.4 is 4.74 Å². The number of hydrogen-bond acceptors (Lipinski definition) is 2. The molecule has 2 aromatic carbocycles. The van der Waals surface area contributed by atoms with Crippen molar-refractivity contribution in [3.05, 3.63) is 63.6 Å². The van der Waals surface area contributed by atoms with Crippen LogP contribution in [-0.2, 0) is 11.3 Å². The molecule has 0 saturated heterocycles. The van der Waals surface area contributed by atoms with E-state index in [9.17, 15) is 4.79 Å². The predicted octanol–water partition coefficient (Wildman–Crippen LogP) is 4.92. The van der Waals surface area contributed by atoms with Crippen LogP contribution in [0.3, 0.4) is 0 Å². The second-order valence-corrected chi connectivity index (χ2v) is 7.17. The number of ether oxygens (including phenoxy) is 1. The van der Waals surface area contributed by atoms with E-state index in [1.54, 1.807) is 11.9 Å². The molecule has 2 aromatic rings. The Bertz CT molecular complexity index is 698. The number of nitrogens with zero attached hydrogens (tertiary/aromatic N) is 1. The van der Waals surface area contributed by atoms with Gasteiger partial charge in [-0.3, -0.25) is 4.79 Å². The number of carbonyl (C=O) groups excluding carboxylic acids is 1. The lowest BCUT2D eigenvalue weighted by atomic mass is 10.0. The Balaban J connectivity index is 2.02. The smallest absolute Gasteiger partial charge is 0.260 e. The lowest BCUT2D eigenvalue weighted by molar-refractivity contribution is -0.132. The fourth-order valence-electron chi connectivity index (χ4n) is 2.44. The minimum atomic E-state index is -0.0332. The van der Waals surface area contributed by atoms with E-state index in [-0.39, 0.29) is 12.5 Å². The van der Waals surface area contributed by atoms with Gasteiger partial charge in [0, 0.05) is 18.1 Å². The van der Waals surface area contributed by atoms with Gasteiger partial charge in [-0.05, 0) is 41.7 Å². The van der Waals surface area contributed by atoms with E-state index in [0.29, 0.717) is 12.5 Å². The number of amides is 1. The topological polar surface area (TPSA) is 29.5 Å². The monoisotopic (exact) mass is 389 g/mol. The molecule has 0 heterocycles. The summed E-state index contributed by atoms with van der Waals surface area (Å²) in [6, 6.07) is 14.0. The summed E-state index contributed by atoms with van der Waals surface area (Å²) in [5.41, 5.74) is 3.31. The summed E-state index contributed by atoms with van der Waals surface area (Å²) in [5, 5.41) is 0. The average Bonchev–Trinajstić information content (AvgIpc) is 2.55. The first-order valence-corrected chi connectivity index (χ1v) is 8.88. The molecule has 0 aliphatic rings. The SMILES string of the molecule is Cc1cc(OCC(=O)N(C)Cc2ccccc2)c(C(C)C)cc1Br. The van der Waals surface area contributed by atoms with Crippen LogP contribution in [0.5, 0.6) is 5.75 Å². The molecule has 0 saturated carbocycles. The van der Waals surface area contributed by atoms with Crippen molar-refractivity contribution < 1.29 is 9.53 Å². The molecule has 3 nitrogen and oxygen atoms in total. The Hall–Kier alpha value is -1.81. The second-order valence-electron chi connectivity index (χ2n) is 6.32. The fourth-order valence-corrected chi connectivity index (χ4v) is 2.80. The third-order valence-corrected chi connectivity index (χ3v) is 4.81. The van der Waals surface area contributed by atoms with Gasteiger partial charge >= 0.3 is 0 Å². The Morgan fingerprint density at radius 3 is 2.50 bits per heavy atom. The summed E-state index contributed by atoms with van der Waals surface area (Å²) in [6.07, 6.45) is 0. The third-order valence-electron chi connectivity index (χ3n) is 3.95. The Morgan fingerprint density at radius 1 is 1.21 bits per heavy atom. The second kappa shape index (κ2) is 8.34. The van der Waals surface area contributed by atoms with Crippen LogP contribution in [0, 0.1) is 6.92 Å². The van der Waals surface area contributed by atoms with Crippen molar-refractivity contribution in [2.75, 3.05) is 13.7 Å². The highest BCUT2D eigenvalue weighted by Crippen LogP contribution is 2.32. The molecule has 0 bridgehead atoms. The Kier molecular flexibility index (Phi) is 6.44. The summed E-state index contributed by atoms with van der Waals surface area (Å²) in [4.78, 5) is 14.0. The number of hydrogen-bond donors (Lipinski definition) is 0. The standard InChI is InChI=1S/C20H24BrNO2/c1-14(2)17-11-18(21)15(3)10-19(17)24-13-20(23)22(4)12-16-8-6-5-7-9-16/h5-11,14H,12-13H2,1-4H3. The molecule has 4 heteroatoms. The molecule has 0 aliphatic carbocycles. The fraction of sp³-hybridized carbons (Fsp3) is 0.350. The Labute approximate surface area is 152 Å². The maximum atomic E-state index is 12.3. The van der Waals surface area contributed by atoms with Gasteiger partial charge in [0.1, 0.15) is 5.75 Å². The van der Waals surface area contributed by atoms with Crippen molar-refractivity contribution in [3.63, 3.8) is 0 Å². The Morgan fingerprint density at radius 2 is 1.88 bits per heavy atom. The number of halogens is 1. The minimum Gasteiger partial charge on any atom is -0.483 e. The van der Waals surface area contributed by atoms with Gasteiger partial charge in [0.15, 0.2) is 6.61 Å².